The van der Waals surface area contributed by atoms with Gasteiger partial charge in [0.1, 0.15) is 0 Å². The molecule has 1 fully saturated rings. The van der Waals surface area contributed by atoms with E-state index in [0.29, 0.717) is 28.4 Å². The summed E-state index contributed by atoms with van der Waals surface area (Å²) in [7, 11) is -3.56. The highest BCUT2D eigenvalue weighted by Gasteiger charge is 2.27. The van der Waals surface area contributed by atoms with Gasteiger partial charge in [0.05, 0.1) is 4.90 Å². The third-order valence-electron chi connectivity index (χ3n) is 3.70. The molecule has 3 nitrogen and oxygen atoms in total. The molecule has 2 rings (SSSR count). The maximum Gasteiger partial charge on any atom is 0.240 e. The molecule has 2 unspecified atom stereocenters. The fourth-order valence-corrected chi connectivity index (χ4v) is 5.24. The smallest absolute Gasteiger partial charge is 0.211 e. The van der Waals surface area contributed by atoms with Gasteiger partial charge in [-0.2, -0.15) is 0 Å². The van der Waals surface area contributed by atoms with E-state index in [0.717, 1.165) is 24.6 Å². The van der Waals surface area contributed by atoms with Gasteiger partial charge in [0.15, 0.2) is 0 Å². The summed E-state index contributed by atoms with van der Waals surface area (Å²) in [6.07, 6.45) is 3.38. The van der Waals surface area contributed by atoms with Crippen molar-refractivity contribution < 1.29 is 8.42 Å². The van der Waals surface area contributed by atoms with Crippen molar-refractivity contribution in [2.75, 3.05) is 11.9 Å². The first-order chi connectivity index (χ1) is 9.42. The van der Waals surface area contributed by atoms with E-state index in [1.165, 1.54) is 18.2 Å². The zero-order chi connectivity index (χ0) is 14.8. The van der Waals surface area contributed by atoms with Crippen molar-refractivity contribution in [2.24, 2.45) is 11.8 Å². The lowest BCUT2D eigenvalue weighted by atomic mass is 9.99. The van der Waals surface area contributed by atoms with Gasteiger partial charge in [0.2, 0.25) is 10.0 Å². The number of nitrogens with one attached hydrogen (secondary N) is 1. The lowest BCUT2D eigenvalue weighted by molar-refractivity contribution is 0.422. The Labute approximate surface area is 138 Å². The summed E-state index contributed by atoms with van der Waals surface area (Å²) in [4.78, 5) is 0.114. The molecule has 20 heavy (non-hydrogen) atoms. The van der Waals surface area contributed by atoms with E-state index in [-0.39, 0.29) is 4.90 Å². The normalized spacial score (nSPS) is 23.1. The Bertz CT molecular complexity index is 559. The third-order valence-corrected chi connectivity index (χ3v) is 6.37. The van der Waals surface area contributed by atoms with Crippen LogP contribution in [-0.2, 0) is 10.0 Å². The maximum atomic E-state index is 12.2. The topological polar surface area (TPSA) is 46.2 Å². The molecule has 0 amide bonds. The zero-order valence-corrected chi connectivity index (χ0v) is 14.7. The van der Waals surface area contributed by atoms with Crippen LogP contribution >= 0.6 is 39.1 Å². The molecule has 2 atom stereocenters. The number of hydrogen-bond donors (Lipinski definition) is 1. The monoisotopic (exact) mass is 399 g/mol. The SMILES string of the molecule is O=S(=O)(NCC1CCCC1CBr)c1cc(Cl)cc(Cl)c1. The molecule has 0 aromatic heterocycles. The molecule has 0 heterocycles. The highest BCUT2D eigenvalue weighted by Crippen LogP contribution is 2.32. The van der Waals surface area contributed by atoms with E-state index in [1.54, 1.807) is 0 Å². The van der Waals surface area contributed by atoms with E-state index in [1.807, 2.05) is 0 Å². The predicted molar refractivity (Wildman–Crippen MR) is 86.3 cm³/mol. The van der Waals surface area contributed by atoms with E-state index in [4.69, 9.17) is 23.2 Å². The number of benzene rings is 1. The Kier molecular flexibility index (Phi) is 5.77. The van der Waals surface area contributed by atoms with Crippen LogP contribution in [0.4, 0.5) is 0 Å². The summed E-state index contributed by atoms with van der Waals surface area (Å²) < 4.78 is 27.2. The minimum absolute atomic E-state index is 0.114. The van der Waals surface area contributed by atoms with Crippen LogP contribution in [0.1, 0.15) is 19.3 Å². The van der Waals surface area contributed by atoms with Crippen LogP contribution in [0.3, 0.4) is 0 Å². The fourth-order valence-electron chi connectivity index (χ4n) is 2.57. The van der Waals surface area contributed by atoms with Crippen molar-refractivity contribution in [3.63, 3.8) is 0 Å². The first-order valence-corrected chi connectivity index (χ1v) is 9.80. The molecular weight excluding hydrogens is 385 g/mol. The first kappa shape index (κ1) is 16.6. The van der Waals surface area contributed by atoms with Crippen molar-refractivity contribution in [3.8, 4) is 0 Å². The average Bonchev–Trinajstić information content (AvgIpc) is 2.82. The summed E-state index contributed by atoms with van der Waals surface area (Å²) in [5.74, 6) is 0.930. The molecule has 0 bridgehead atoms. The van der Waals surface area contributed by atoms with Crippen LogP contribution < -0.4 is 4.72 Å². The van der Waals surface area contributed by atoms with Crippen molar-refractivity contribution >= 4 is 49.2 Å². The molecule has 1 saturated carbocycles. The Morgan fingerprint density at radius 2 is 1.75 bits per heavy atom. The lowest BCUT2D eigenvalue weighted by Crippen LogP contribution is -2.31. The summed E-state index contributed by atoms with van der Waals surface area (Å²) in [6.45, 7) is 0.461. The predicted octanol–water partition coefficient (Wildman–Crippen LogP) is 4.08. The molecule has 7 heteroatoms. The van der Waals surface area contributed by atoms with Crippen LogP contribution in [0, 0.1) is 11.8 Å². The number of halogens is 3. The highest BCUT2D eigenvalue weighted by atomic mass is 79.9. The summed E-state index contributed by atoms with van der Waals surface area (Å²) in [6, 6.07) is 4.33. The van der Waals surface area contributed by atoms with Crippen LogP contribution in [0.25, 0.3) is 0 Å². The standard InChI is InChI=1S/C13H16BrCl2NO2S/c14-7-9-2-1-3-10(9)8-17-20(18,19)13-5-11(15)4-12(16)6-13/h4-6,9-10,17H,1-3,7-8H2. The van der Waals surface area contributed by atoms with Gasteiger partial charge in [-0.15, -0.1) is 0 Å². The largest absolute Gasteiger partial charge is 0.240 e. The van der Waals surface area contributed by atoms with Crippen molar-refractivity contribution in [2.45, 2.75) is 24.2 Å². The molecule has 1 aliphatic rings. The summed E-state index contributed by atoms with van der Waals surface area (Å²) >= 11 is 15.2. The van der Waals surface area contributed by atoms with Crippen LogP contribution in [0.15, 0.2) is 23.1 Å². The molecule has 0 spiro atoms. The van der Waals surface area contributed by atoms with Gasteiger partial charge in [-0.1, -0.05) is 45.6 Å². The van der Waals surface area contributed by atoms with Crippen LogP contribution in [0.2, 0.25) is 10.0 Å². The van der Waals surface area contributed by atoms with Crippen molar-refractivity contribution in [1.82, 2.24) is 4.72 Å². The molecule has 0 radical (unpaired) electrons. The minimum atomic E-state index is -3.56. The summed E-state index contributed by atoms with van der Waals surface area (Å²) in [5.41, 5.74) is 0. The molecule has 1 aromatic carbocycles. The highest BCUT2D eigenvalue weighted by molar-refractivity contribution is 9.09. The van der Waals surface area contributed by atoms with Gasteiger partial charge in [-0.3, -0.25) is 0 Å². The quantitative estimate of drug-likeness (QED) is 0.756. The molecule has 112 valence electrons. The second-order valence-electron chi connectivity index (χ2n) is 5.06. The van der Waals surface area contributed by atoms with E-state index >= 15 is 0 Å². The molecule has 0 aliphatic heterocycles. The molecule has 0 saturated heterocycles. The average molecular weight is 401 g/mol. The first-order valence-electron chi connectivity index (χ1n) is 6.44. The van der Waals surface area contributed by atoms with E-state index in [9.17, 15) is 8.42 Å². The van der Waals surface area contributed by atoms with Gasteiger partial charge in [0, 0.05) is 21.9 Å². The number of rotatable bonds is 5. The lowest BCUT2D eigenvalue weighted by Gasteiger charge is -2.18. The molecule has 1 aromatic rings. The summed E-state index contributed by atoms with van der Waals surface area (Å²) in [5, 5.41) is 1.55. The van der Waals surface area contributed by atoms with Crippen LogP contribution in [-0.4, -0.2) is 20.3 Å². The fraction of sp³-hybridized carbons (Fsp3) is 0.538. The Morgan fingerprint density at radius 3 is 2.35 bits per heavy atom. The molecule has 1 aliphatic carbocycles. The number of hydrogen-bond acceptors (Lipinski definition) is 2. The Hall–Kier alpha value is 0.190. The van der Waals surface area contributed by atoms with E-state index < -0.39 is 10.0 Å². The van der Waals surface area contributed by atoms with Gasteiger partial charge < -0.3 is 0 Å². The number of sulfonamides is 1. The Balaban J connectivity index is 2.07. The zero-order valence-electron chi connectivity index (χ0n) is 10.8. The maximum absolute atomic E-state index is 12.2. The van der Waals surface area contributed by atoms with Crippen molar-refractivity contribution in [1.29, 1.82) is 0 Å². The van der Waals surface area contributed by atoms with Gasteiger partial charge in [-0.05, 0) is 42.9 Å². The van der Waals surface area contributed by atoms with E-state index in [2.05, 4.69) is 20.7 Å². The number of alkyl halides is 1. The van der Waals surface area contributed by atoms with Gasteiger partial charge in [0.25, 0.3) is 0 Å². The molecule has 1 N–H and O–H groups in total. The second-order valence-corrected chi connectivity index (χ2v) is 8.35. The van der Waals surface area contributed by atoms with Gasteiger partial charge in [-0.25, -0.2) is 13.1 Å². The van der Waals surface area contributed by atoms with Crippen molar-refractivity contribution in [3.05, 3.63) is 28.2 Å². The van der Waals surface area contributed by atoms with Crippen LogP contribution in [0.5, 0.6) is 0 Å². The Morgan fingerprint density at radius 1 is 1.15 bits per heavy atom. The third kappa shape index (κ3) is 4.10. The minimum Gasteiger partial charge on any atom is -0.211 e. The second kappa shape index (κ2) is 6.97. The van der Waals surface area contributed by atoms with Gasteiger partial charge >= 0.3 is 0 Å². The molecular formula is C13H16BrCl2NO2S.